The van der Waals surface area contributed by atoms with Crippen LogP contribution < -0.4 is 0 Å². The Morgan fingerprint density at radius 3 is 2.94 bits per heavy atom. The molecule has 0 radical (unpaired) electrons. The van der Waals surface area contributed by atoms with Crippen molar-refractivity contribution >= 4 is 17.6 Å². The van der Waals surface area contributed by atoms with Crippen LogP contribution in [0, 0.1) is 0 Å². The van der Waals surface area contributed by atoms with Gasteiger partial charge in [0.1, 0.15) is 5.76 Å². The molecule has 0 unspecified atom stereocenters. The maximum Gasteiger partial charge on any atom is 0.360 e. The second kappa shape index (κ2) is 5.01. The first kappa shape index (κ1) is 11.7. The summed E-state index contributed by atoms with van der Waals surface area (Å²) in [6.45, 7) is 0. The van der Waals surface area contributed by atoms with Gasteiger partial charge in [0.05, 0.1) is 7.11 Å². The standard InChI is InChI=1S/C12H10ClNO3/c1-16-12(15)11-10(17-7-14-11)6-8-4-2-3-5-9(8)13/h2-5,7H,6H2,1H3. The van der Waals surface area contributed by atoms with Gasteiger partial charge in [0, 0.05) is 11.4 Å². The van der Waals surface area contributed by atoms with Crippen molar-refractivity contribution in [2.24, 2.45) is 0 Å². The highest BCUT2D eigenvalue weighted by molar-refractivity contribution is 6.31. The van der Waals surface area contributed by atoms with Crippen molar-refractivity contribution in [1.82, 2.24) is 4.98 Å². The molecule has 0 spiro atoms. The Hall–Kier alpha value is -1.81. The van der Waals surface area contributed by atoms with Gasteiger partial charge in [-0.2, -0.15) is 0 Å². The van der Waals surface area contributed by atoms with Crippen LogP contribution in [0.15, 0.2) is 35.1 Å². The number of methoxy groups -OCH3 is 1. The molecule has 1 aromatic carbocycles. The van der Waals surface area contributed by atoms with E-state index in [9.17, 15) is 4.79 Å². The van der Waals surface area contributed by atoms with Crippen LogP contribution in [0.2, 0.25) is 5.02 Å². The van der Waals surface area contributed by atoms with Crippen molar-refractivity contribution in [3.63, 3.8) is 0 Å². The fraction of sp³-hybridized carbons (Fsp3) is 0.167. The highest BCUT2D eigenvalue weighted by Crippen LogP contribution is 2.20. The summed E-state index contributed by atoms with van der Waals surface area (Å²) >= 11 is 6.03. The maximum atomic E-state index is 11.4. The zero-order chi connectivity index (χ0) is 12.3. The van der Waals surface area contributed by atoms with Crippen LogP contribution in [0.1, 0.15) is 21.8 Å². The van der Waals surface area contributed by atoms with Crippen molar-refractivity contribution in [1.29, 1.82) is 0 Å². The van der Waals surface area contributed by atoms with E-state index in [4.69, 9.17) is 16.0 Å². The lowest BCUT2D eigenvalue weighted by atomic mass is 10.1. The Kier molecular flexibility index (Phi) is 3.44. The first-order valence-electron chi connectivity index (χ1n) is 4.96. The molecular formula is C12H10ClNO3. The number of ether oxygens (including phenoxy) is 1. The second-order valence-electron chi connectivity index (χ2n) is 3.38. The monoisotopic (exact) mass is 251 g/mol. The summed E-state index contributed by atoms with van der Waals surface area (Å²) in [7, 11) is 1.30. The smallest absolute Gasteiger partial charge is 0.360 e. The molecule has 4 nitrogen and oxygen atoms in total. The van der Waals surface area contributed by atoms with E-state index in [1.807, 2.05) is 18.2 Å². The third-order valence-electron chi connectivity index (χ3n) is 2.33. The molecule has 0 saturated carbocycles. The van der Waals surface area contributed by atoms with Gasteiger partial charge in [0.25, 0.3) is 0 Å². The molecule has 0 bridgehead atoms. The first-order valence-corrected chi connectivity index (χ1v) is 5.34. The van der Waals surface area contributed by atoms with Crippen molar-refractivity contribution in [3.05, 3.63) is 52.7 Å². The fourth-order valence-electron chi connectivity index (χ4n) is 1.47. The molecule has 17 heavy (non-hydrogen) atoms. The van der Waals surface area contributed by atoms with E-state index in [0.29, 0.717) is 17.2 Å². The lowest BCUT2D eigenvalue weighted by Gasteiger charge is -2.02. The number of nitrogens with zero attached hydrogens (tertiary/aromatic N) is 1. The molecule has 0 saturated heterocycles. The van der Waals surface area contributed by atoms with Gasteiger partial charge in [0.15, 0.2) is 12.1 Å². The molecule has 2 rings (SSSR count). The van der Waals surface area contributed by atoms with Crippen LogP contribution >= 0.6 is 11.6 Å². The van der Waals surface area contributed by atoms with Crippen LogP contribution in [0.25, 0.3) is 0 Å². The summed E-state index contributed by atoms with van der Waals surface area (Å²) in [6, 6.07) is 7.36. The Morgan fingerprint density at radius 2 is 2.24 bits per heavy atom. The minimum absolute atomic E-state index is 0.187. The predicted molar refractivity (Wildman–Crippen MR) is 62.1 cm³/mol. The molecule has 0 N–H and O–H groups in total. The maximum absolute atomic E-state index is 11.4. The zero-order valence-corrected chi connectivity index (χ0v) is 9.90. The Balaban J connectivity index is 2.28. The van der Waals surface area contributed by atoms with Gasteiger partial charge < -0.3 is 9.15 Å². The molecule has 1 heterocycles. The van der Waals surface area contributed by atoms with E-state index in [-0.39, 0.29) is 5.69 Å². The van der Waals surface area contributed by atoms with Gasteiger partial charge in [-0.05, 0) is 11.6 Å². The van der Waals surface area contributed by atoms with Gasteiger partial charge in [-0.25, -0.2) is 9.78 Å². The van der Waals surface area contributed by atoms with Crippen molar-refractivity contribution in [3.8, 4) is 0 Å². The summed E-state index contributed by atoms with van der Waals surface area (Å²) < 4.78 is 9.78. The van der Waals surface area contributed by atoms with Crippen LogP contribution in [0.5, 0.6) is 0 Å². The van der Waals surface area contributed by atoms with Crippen molar-refractivity contribution in [2.75, 3.05) is 7.11 Å². The predicted octanol–water partition coefficient (Wildman–Crippen LogP) is 2.71. The molecule has 0 atom stereocenters. The molecule has 0 aliphatic heterocycles. The average Bonchev–Trinajstić information content (AvgIpc) is 2.79. The zero-order valence-electron chi connectivity index (χ0n) is 9.14. The largest absolute Gasteiger partial charge is 0.464 e. The molecule has 1 aromatic heterocycles. The fourth-order valence-corrected chi connectivity index (χ4v) is 1.68. The summed E-state index contributed by atoms with van der Waals surface area (Å²) in [4.78, 5) is 15.2. The number of benzene rings is 1. The van der Waals surface area contributed by atoms with Gasteiger partial charge in [-0.1, -0.05) is 29.8 Å². The third kappa shape index (κ3) is 2.47. The third-order valence-corrected chi connectivity index (χ3v) is 2.70. The van der Waals surface area contributed by atoms with Crippen LogP contribution in [0.4, 0.5) is 0 Å². The SMILES string of the molecule is COC(=O)c1ncoc1Cc1ccccc1Cl. The molecule has 0 fully saturated rings. The van der Waals surface area contributed by atoms with E-state index < -0.39 is 5.97 Å². The number of hydrogen-bond acceptors (Lipinski definition) is 4. The van der Waals surface area contributed by atoms with Crippen molar-refractivity contribution < 1.29 is 13.9 Å². The van der Waals surface area contributed by atoms with Gasteiger partial charge >= 0.3 is 5.97 Å². The number of esters is 1. The minimum Gasteiger partial charge on any atom is -0.464 e. The molecule has 2 aromatic rings. The highest BCUT2D eigenvalue weighted by Gasteiger charge is 2.17. The molecule has 0 aliphatic carbocycles. The molecule has 0 aliphatic rings. The summed E-state index contributed by atoms with van der Waals surface area (Å²) in [5.74, 6) is -0.0641. The number of carbonyl (C=O) groups excluding carboxylic acids is 1. The van der Waals surface area contributed by atoms with Gasteiger partial charge in [-0.3, -0.25) is 0 Å². The number of carbonyl (C=O) groups is 1. The number of rotatable bonds is 3. The lowest BCUT2D eigenvalue weighted by molar-refractivity contribution is 0.0592. The molecule has 0 amide bonds. The van der Waals surface area contributed by atoms with E-state index in [0.717, 1.165) is 5.56 Å². The summed E-state index contributed by atoms with van der Waals surface area (Å²) in [5, 5.41) is 0.625. The number of aromatic nitrogens is 1. The quantitative estimate of drug-likeness (QED) is 0.787. The summed E-state index contributed by atoms with van der Waals surface area (Å²) in [5.41, 5.74) is 1.06. The topological polar surface area (TPSA) is 52.3 Å². The van der Waals surface area contributed by atoms with Gasteiger partial charge in [0.2, 0.25) is 0 Å². The minimum atomic E-state index is -0.513. The molecule has 88 valence electrons. The Labute approximate surface area is 103 Å². The number of hydrogen-bond donors (Lipinski definition) is 0. The lowest BCUT2D eigenvalue weighted by Crippen LogP contribution is -2.05. The van der Waals surface area contributed by atoms with E-state index in [2.05, 4.69) is 9.72 Å². The van der Waals surface area contributed by atoms with Crippen molar-refractivity contribution in [2.45, 2.75) is 6.42 Å². The van der Waals surface area contributed by atoms with Crippen LogP contribution in [-0.4, -0.2) is 18.1 Å². The van der Waals surface area contributed by atoms with E-state index in [1.165, 1.54) is 13.5 Å². The number of oxazole rings is 1. The van der Waals surface area contributed by atoms with Crippen LogP contribution in [0.3, 0.4) is 0 Å². The highest BCUT2D eigenvalue weighted by atomic mass is 35.5. The Morgan fingerprint density at radius 1 is 1.47 bits per heavy atom. The van der Waals surface area contributed by atoms with Gasteiger partial charge in [-0.15, -0.1) is 0 Å². The second-order valence-corrected chi connectivity index (χ2v) is 3.79. The summed E-state index contributed by atoms with van der Waals surface area (Å²) in [6.07, 6.45) is 1.63. The molecule has 5 heteroatoms. The first-order chi connectivity index (χ1) is 8.22. The normalized spacial score (nSPS) is 10.2. The number of halogens is 1. The van der Waals surface area contributed by atoms with Crippen LogP contribution in [-0.2, 0) is 11.2 Å². The van der Waals surface area contributed by atoms with E-state index >= 15 is 0 Å². The van der Waals surface area contributed by atoms with E-state index in [1.54, 1.807) is 6.07 Å². The Bertz CT molecular complexity index is 536. The molecular weight excluding hydrogens is 242 g/mol. The average molecular weight is 252 g/mol.